The Hall–Kier alpha value is -2.25. The Morgan fingerprint density at radius 1 is 1.08 bits per heavy atom. The van der Waals surface area contributed by atoms with Crippen LogP contribution >= 0.6 is 0 Å². The van der Waals surface area contributed by atoms with E-state index in [4.69, 9.17) is 0 Å². The molecule has 0 unspecified atom stereocenters. The number of hydrogen-bond acceptors (Lipinski definition) is 3. The highest BCUT2D eigenvalue weighted by molar-refractivity contribution is 7.89. The monoisotopic (exact) mass is 364 g/mol. The molecule has 134 valence electrons. The van der Waals surface area contributed by atoms with Crippen molar-refractivity contribution < 1.29 is 17.6 Å². The van der Waals surface area contributed by atoms with Crippen LogP contribution in [0.5, 0.6) is 0 Å². The van der Waals surface area contributed by atoms with Crippen LogP contribution in [-0.2, 0) is 16.6 Å². The van der Waals surface area contributed by atoms with Crippen molar-refractivity contribution in [3.05, 3.63) is 65.5 Å². The van der Waals surface area contributed by atoms with Gasteiger partial charge in [0.1, 0.15) is 5.82 Å². The van der Waals surface area contributed by atoms with E-state index in [1.54, 1.807) is 19.1 Å². The zero-order valence-electron chi connectivity index (χ0n) is 14.1. The summed E-state index contributed by atoms with van der Waals surface area (Å²) in [5.74, 6) is -0.666. The first-order valence-electron chi connectivity index (χ1n) is 7.97. The van der Waals surface area contributed by atoms with Crippen LogP contribution < -0.4 is 10.0 Å². The Bertz CT molecular complexity index is 818. The minimum absolute atomic E-state index is 0.114. The van der Waals surface area contributed by atoms with E-state index in [0.717, 1.165) is 5.56 Å². The van der Waals surface area contributed by atoms with Crippen molar-refractivity contribution in [3.8, 4) is 0 Å². The fourth-order valence-corrected chi connectivity index (χ4v) is 3.42. The van der Waals surface area contributed by atoms with E-state index >= 15 is 0 Å². The van der Waals surface area contributed by atoms with Gasteiger partial charge in [0.2, 0.25) is 10.0 Å². The summed E-state index contributed by atoms with van der Waals surface area (Å²) in [5, 5.41) is 2.71. The molecule has 0 saturated carbocycles. The van der Waals surface area contributed by atoms with Crippen molar-refractivity contribution in [3.63, 3.8) is 0 Å². The van der Waals surface area contributed by atoms with Crippen LogP contribution in [0.4, 0.5) is 4.39 Å². The standard InChI is InChI=1S/C18H21FN2O3S/c1-3-13(2)21-25(23,24)17-10-6-15(7-11-17)18(22)20-12-14-4-8-16(19)9-5-14/h4-11,13,21H,3,12H2,1-2H3,(H,20,22)/t13-/m1/s1. The van der Waals surface area contributed by atoms with Gasteiger partial charge in [-0.25, -0.2) is 17.5 Å². The number of carbonyl (C=O) groups is 1. The molecule has 25 heavy (non-hydrogen) atoms. The van der Waals surface area contributed by atoms with Gasteiger partial charge in [0.25, 0.3) is 5.91 Å². The molecule has 0 aromatic heterocycles. The zero-order chi connectivity index (χ0) is 18.4. The van der Waals surface area contributed by atoms with E-state index in [-0.39, 0.29) is 29.2 Å². The predicted octanol–water partition coefficient (Wildman–Crippen LogP) is 2.83. The van der Waals surface area contributed by atoms with E-state index in [9.17, 15) is 17.6 Å². The van der Waals surface area contributed by atoms with Crippen LogP contribution in [0.2, 0.25) is 0 Å². The Kier molecular flexibility index (Phi) is 6.27. The second-order valence-electron chi connectivity index (χ2n) is 5.76. The van der Waals surface area contributed by atoms with Gasteiger partial charge in [-0.1, -0.05) is 19.1 Å². The lowest BCUT2D eigenvalue weighted by atomic mass is 10.2. The summed E-state index contributed by atoms with van der Waals surface area (Å²) >= 11 is 0. The maximum atomic E-state index is 12.8. The number of rotatable bonds is 7. The second kappa shape index (κ2) is 8.22. The van der Waals surface area contributed by atoms with Crippen LogP contribution in [0.3, 0.4) is 0 Å². The third-order valence-corrected chi connectivity index (χ3v) is 5.37. The van der Waals surface area contributed by atoms with Crippen LogP contribution in [-0.4, -0.2) is 20.4 Å². The molecule has 2 rings (SSSR count). The van der Waals surface area contributed by atoms with Crippen molar-refractivity contribution in [2.75, 3.05) is 0 Å². The fraction of sp³-hybridized carbons (Fsp3) is 0.278. The normalized spacial score (nSPS) is 12.6. The molecule has 0 radical (unpaired) electrons. The zero-order valence-corrected chi connectivity index (χ0v) is 14.9. The molecule has 0 bridgehead atoms. The van der Waals surface area contributed by atoms with Crippen LogP contribution in [0.25, 0.3) is 0 Å². The Labute approximate surface area is 147 Å². The quantitative estimate of drug-likeness (QED) is 0.793. The summed E-state index contributed by atoms with van der Waals surface area (Å²) in [6.45, 7) is 3.94. The van der Waals surface area contributed by atoms with Crippen molar-refractivity contribution >= 4 is 15.9 Å². The second-order valence-corrected chi connectivity index (χ2v) is 7.48. The average molecular weight is 364 g/mol. The maximum Gasteiger partial charge on any atom is 0.251 e. The highest BCUT2D eigenvalue weighted by atomic mass is 32.2. The van der Waals surface area contributed by atoms with Gasteiger partial charge in [-0.2, -0.15) is 0 Å². The van der Waals surface area contributed by atoms with E-state index in [2.05, 4.69) is 10.0 Å². The lowest BCUT2D eigenvalue weighted by Crippen LogP contribution is -2.32. The number of halogens is 1. The van der Waals surface area contributed by atoms with Crippen molar-refractivity contribution in [2.24, 2.45) is 0 Å². The highest BCUT2D eigenvalue weighted by Gasteiger charge is 2.17. The largest absolute Gasteiger partial charge is 0.348 e. The van der Waals surface area contributed by atoms with Gasteiger partial charge in [-0.15, -0.1) is 0 Å². The lowest BCUT2D eigenvalue weighted by Gasteiger charge is -2.12. The van der Waals surface area contributed by atoms with Gasteiger partial charge in [0, 0.05) is 18.2 Å². The molecule has 1 atom stereocenters. The number of sulfonamides is 1. The summed E-state index contributed by atoms with van der Waals surface area (Å²) in [6.07, 6.45) is 0.684. The third-order valence-electron chi connectivity index (χ3n) is 3.76. The minimum atomic E-state index is -3.59. The number of hydrogen-bond donors (Lipinski definition) is 2. The first kappa shape index (κ1) is 19.1. The molecule has 7 heteroatoms. The number of carbonyl (C=O) groups excluding carboxylic acids is 1. The topological polar surface area (TPSA) is 75.3 Å². The third kappa shape index (κ3) is 5.37. The van der Waals surface area contributed by atoms with Gasteiger partial charge in [0.05, 0.1) is 4.90 Å². The smallest absolute Gasteiger partial charge is 0.251 e. The molecule has 0 aliphatic rings. The van der Waals surface area contributed by atoms with Gasteiger partial charge in [0.15, 0.2) is 0 Å². The van der Waals surface area contributed by atoms with Gasteiger partial charge >= 0.3 is 0 Å². The molecule has 0 saturated heterocycles. The maximum absolute atomic E-state index is 12.8. The van der Waals surface area contributed by atoms with Crippen LogP contribution in [0.1, 0.15) is 36.2 Å². The Balaban J connectivity index is 2.01. The number of nitrogens with one attached hydrogen (secondary N) is 2. The van der Waals surface area contributed by atoms with E-state index in [0.29, 0.717) is 12.0 Å². The van der Waals surface area contributed by atoms with Gasteiger partial charge in [-0.05, 0) is 55.3 Å². The SMILES string of the molecule is CC[C@@H](C)NS(=O)(=O)c1ccc(C(=O)NCc2ccc(F)cc2)cc1. The minimum Gasteiger partial charge on any atom is -0.348 e. The summed E-state index contributed by atoms with van der Waals surface area (Å²) < 4.78 is 39.8. The molecule has 0 heterocycles. The number of amides is 1. The molecule has 1 amide bonds. The number of benzene rings is 2. The van der Waals surface area contributed by atoms with Crippen LogP contribution in [0.15, 0.2) is 53.4 Å². The molecule has 2 aromatic carbocycles. The van der Waals surface area contributed by atoms with Gasteiger partial charge in [-0.3, -0.25) is 4.79 Å². The molecule has 0 spiro atoms. The van der Waals surface area contributed by atoms with Gasteiger partial charge < -0.3 is 5.32 Å². The fourth-order valence-electron chi connectivity index (χ4n) is 2.09. The molecular formula is C18H21FN2O3S. The predicted molar refractivity (Wildman–Crippen MR) is 94.1 cm³/mol. The average Bonchev–Trinajstić information content (AvgIpc) is 2.60. The Morgan fingerprint density at radius 3 is 2.24 bits per heavy atom. The molecule has 2 aromatic rings. The molecule has 0 aliphatic carbocycles. The lowest BCUT2D eigenvalue weighted by molar-refractivity contribution is 0.0951. The summed E-state index contributed by atoms with van der Waals surface area (Å²) in [5.41, 5.74) is 1.12. The first-order valence-corrected chi connectivity index (χ1v) is 9.45. The van der Waals surface area contributed by atoms with Crippen LogP contribution in [0, 0.1) is 5.82 Å². The van der Waals surface area contributed by atoms with Crippen molar-refractivity contribution in [1.29, 1.82) is 0 Å². The van der Waals surface area contributed by atoms with Crippen molar-refractivity contribution in [2.45, 2.75) is 37.8 Å². The summed E-state index contributed by atoms with van der Waals surface area (Å²) in [6, 6.07) is 11.4. The molecule has 2 N–H and O–H groups in total. The summed E-state index contributed by atoms with van der Waals surface area (Å²) in [7, 11) is -3.59. The summed E-state index contributed by atoms with van der Waals surface area (Å²) in [4.78, 5) is 12.2. The van der Waals surface area contributed by atoms with Crippen molar-refractivity contribution in [1.82, 2.24) is 10.0 Å². The molecular weight excluding hydrogens is 343 g/mol. The molecule has 0 aliphatic heterocycles. The highest BCUT2D eigenvalue weighted by Crippen LogP contribution is 2.12. The molecule has 0 fully saturated rings. The Morgan fingerprint density at radius 2 is 1.68 bits per heavy atom. The van der Waals surface area contributed by atoms with E-state index < -0.39 is 10.0 Å². The van der Waals surface area contributed by atoms with E-state index in [1.165, 1.54) is 36.4 Å². The molecule has 5 nitrogen and oxygen atoms in total. The van der Waals surface area contributed by atoms with E-state index in [1.807, 2.05) is 6.92 Å². The first-order chi connectivity index (χ1) is 11.8.